The van der Waals surface area contributed by atoms with E-state index in [0.29, 0.717) is 16.6 Å². The summed E-state index contributed by atoms with van der Waals surface area (Å²) in [6, 6.07) is 4.75. The van der Waals surface area contributed by atoms with Crippen molar-refractivity contribution in [3.05, 3.63) is 23.8 Å². The van der Waals surface area contributed by atoms with E-state index in [0.717, 1.165) is 0 Å². The molecule has 0 fully saturated rings. The molecule has 1 aromatic heterocycles. The summed E-state index contributed by atoms with van der Waals surface area (Å²) >= 11 is 0. The molecule has 8 nitrogen and oxygen atoms in total. The van der Waals surface area contributed by atoms with Crippen molar-refractivity contribution in [1.29, 1.82) is 0 Å². The lowest BCUT2D eigenvalue weighted by Gasteiger charge is -2.08. The van der Waals surface area contributed by atoms with Gasteiger partial charge in [0.05, 0.1) is 6.54 Å². The summed E-state index contributed by atoms with van der Waals surface area (Å²) in [6.07, 6.45) is -1.40. The predicted molar refractivity (Wildman–Crippen MR) is 61.4 cm³/mol. The van der Waals surface area contributed by atoms with Crippen LogP contribution in [-0.4, -0.2) is 45.0 Å². The summed E-state index contributed by atoms with van der Waals surface area (Å²) in [6.45, 7) is -0.231. The normalized spacial score (nSPS) is 12.3. The Morgan fingerprint density at radius 2 is 2.11 bits per heavy atom. The number of benzene rings is 1. The maximum atomic E-state index is 11.7. The smallest absolute Gasteiger partial charge is 0.251 e. The zero-order chi connectivity index (χ0) is 13.1. The van der Waals surface area contributed by atoms with Crippen LogP contribution < -0.4 is 11.1 Å². The molecule has 0 aliphatic rings. The number of carbonyl (C=O) groups excluding carboxylic acids is 2. The number of hydrogen-bond acceptors (Lipinski definition) is 5. The molecular formula is C10H11N5O3. The fourth-order valence-electron chi connectivity index (χ4n) is 1.37. The lowest BCUT2D eigenvalue weighted by Crippen LogP contribution is -2.39. The standard InChI is InChI=1S/C10H11N5O3/c11-9(17)8(16)4-12-10(18)5-1-2-6-7(3-5)14-15-13-6/h1-3,8,16H,4H2,(H2,11,17)(H,12,18)(H,13,14,15). The topological polar surface area (TPSA) is 134 Å². The quantitative estimate of drug-likeness (QED) is 0.525. The largest absolute Gasteiger partial charge is 0.381 e. The van der Waals surface area contributed by atoms with Crippen LogP contribution in [0.25, 0.3) is 11.0 Å². The Labute approximate surface area is 101 Å². The molecule has 0 aliphatic heterocycles. The highest BCUT2D eigenvalue weighted by atomic mass is 16.3. The van der Waals surface area contributed by atoms with Crippen LogP contribution in [0.5, 0.6) is 0 Å². The van der Waals surface area contributed by atoms with Crippen molar-refractivity contribution in [3.8, 4) is 0 Å². The van der Waals surface area contributed by atoms with Crippen molar-refractivity contribution >= 4 is 22.8 Å². The van der Waals surface area contributed by atoms with Crippen molar-refractivity contribution < 1.29 is 14.7 Å². The molecule has 1 heterocycles. The Bertz CT molecular complexity index is 594. The van der Waals surface area contributed by atoms with E-state index in [1.807, 2.05) is 0 Å². The van der Waals surface area contributed by atoms with Crippen LogP contribution in [-0.2, 0) is 4.79 Å². The molecule has 2 aromatic rings. The van der Waals surface area contributed by atoms with Crippen LogP contribution in [0.3, 0.4) is 0 Å². The van der Waals surface area contributed by atoms with E-state index in [1.54, 1.807) is 18.2 Å². The van der Waals surface area contributed by atoms with E-state index in [2.05, 4.69) is 20.7 Å². The Hall–Kier alpha value is -2.48. The lowest BCUT2D eigenvalue weighted by molar-refractivity contribution is -0.125. The van der Waals surface area contributed by atoms with Gasteiger partial charge in [0.25, 0.3) is 5.91 Å². The van der Waals surface area contributed by atoms with E-state index in [-0.39, 0.29) is 6.54 Å². The van der Waals surface area contributed by atoms with Gasteiger partial charge in [0.1, 0.15) is 17.1 Å². The molecule has 1 aromatic carbocycles. The van der Waals surface area contributed by atoms with Gasteiger partial charge in [-0.3, -0.25) is 9.59 Å². The zero-order valence-electron chi connectivity index (χ0n) is 9.25. The van der Waals surface area contributed by atoms with Crippen LogP contribution in [0.1, 0.15) is 10.4 Å². The fourth-order valence-corrected chi connectivity index (χ4v) is 1.37. The van der Waals surface area contributed by atoms with Crippen molar-refractivity contribution in [1.82, 2.24) is 20.7 Å². The molecule has 5 N–H and O–H groups in total. The number of H-pyrrole nitrogens is 1. The van der Waals surface area contributed by atoms with Crippen molar-refractivity contribution in [2.75, 3.05) is 6.54 Å². The van der Waals surface area contributed by atoms with Gasteiger partial charge in [-0.05, 0) is 18.2 Å². The van der Waals surface area contributed by atoms with Crippen LogP contribution in [0.2, 0.25) is 0 Å². The fraction of sp³-hybridized carbons (Fsp3) is 0.200. The summed E-state index contributed by atoms with van der Waals surface area (Å²) in [4.78, 5) is 22.3. The number of carbonyl (C=O) groups is 2. The Balaban J connectivity index is 2.06. The summed E-state index contributed by atoms with van der Waals surface area (Å²) in [5, 5.41) is 21.7. The number of aliphatic hydroxyl groups is 1. The molecule has 1 atom stereocenters. The van der Waals surface area contributed by atoms with E-state index < -0.39 is 17.9 Å². The van der Waals surface area contributed by atoms with Gasteiger partial charge in [0.2, 0.25) is 5.91 Å². The zero-order valence-corrected chi connectivity index (χ0v) is 9.25. The molecule has 0 saturated heterocycles. The number of aliphatic hydroxyl groups excluding tert-OH is 1. The molecule has 0 bridgehead atoms. The van der Waals surface area contributed by atoms with Gasteiger partial charge in [-0.1, -0.05) is 0 Å². The maximum Gasteiger partial charge on any atom is 0.251 e. The van der Waals surface area contributed by atoms with Crippen LogP contribution >= 0.6 is 0 Å². The molecule has 94 valence electrons. The minimum atomic E-state index is -1.40. The number of fused-ring (bicyclic) bond motifs is 1. The number of aromatic nitrogens is 3. The number of nitrogens with zero attached hydrogens (tertiary/aromatic N) is 2. The monoisotopic (exact) mass is 249 g/mol. The molecular weight excluding hydrogens is 238 g/mol. The molecule has 0 saturated carbocycles. The van der Waals surface area contributed by atoms with Crippen LogP contribution in [0.15, 0.2) is 18.2 Å². The summed E-state index contributed by atoms with van der Waals surface area (Å²) < 4.78 is 0. The van der Waals surface area contributed by atoms with E-state index in [9.17, 15) is 9.59 Å². The van der Waals surface area contributed by atoms with Crippen molar-refractivity contribution in [3.63, 3.8) is 0 Å². The molecule has 18 heavy (non-hydrogen) atoms. The first-order chi connectivity index (χ1) is 8.58. The van der Waals surface area contributed by atoms with Crippen molar-refractivity contribution in [2.45, 2.75) is 6.10 Å². The highest BCUT2D eigenvalue weighted by Crippen LogP contribution is 2.10. The van der Waals surface area contributed by atoms with Crippen molar-refractivity contribution in [2.24, 2.45) is 5.73 Å². The third-order valence-electron chi connectivity index (χ3n) is 2.36. The minimum absolute atomic E-state index is 0.231. The molecule has 2 rings (SSSR count). The Morgan fingerprint density at radius 1 is 1.39 bits per heavy atom. The molecule has 8 heteroatoms. The average molecular weight is 249 g/mol. The summed E-state index contributed by atoms with van der Waals surface area (Å²) in [7, 11) is 0. The molecule has 1 unspecified atom stereocenters. The number of nitrogens with two attached hydrogens (primary N) is 1. The lowest BCUT2D eigenvalue weighted by atomic mass is 10.2. The highest BCUT2D eigenvalue weighted by Gasteiger charge is 2.13. The average Bonchev–Trinajstić information content (AvgIpc) is 2.82. The van der Waals surface area contributed by atoms with E-state index in [1.165, 1.54) is 0 Å². The van der Waals surface area contributed by atoms with Gasteiger partial charge >= 0.3 is 0 Å². The molecule has 0 aliphatic carbocycles. The highest BCUT2D eigenvalue weighted by molar-refractivity contribution is 5.97. The second-order valence-corrected chi connectivity index (χ2v) is 3.66. The number of hydrogen-bond donors (Lipinski definition) is 4. The van der Waals surface area contributed by atoms with Gasteiger partial charge in [0, 0.05) is 5.56 Å². The van der Waals surface area contributed by atoms with Gasteiger partial charge < -0.3 is 16.2 Å². The van der Waals surface area contributed by atoms with Crippen LogP contribution in [0.4, 0.5) is 0 Å². The summed E-state index contributed by atoms with van der Waals surface area (Å²) in [5.74, 6) is -1.32. The van der Waals surface area contributed by atoms with E-state index in [4.69, 9.17) is 10.8 Å². The molecule has 0 radical (unpaired) electrons. The van der Waals surface area contributed by atoms with Gasteiger partial charge in [-0.15, -0.1) is 0 Å². The van der Waals surface area contributed by atoms with Crippen LogP contribution in [0, 0.1) is 0 Å². The second-order valence-electron chi connectivity index (χ2n) is 3.66. The third kappa shape index (κ3) is 2.43. The van der Waals surface area contributed by atoms with Gasteiger partial charge in [-0.25, -0.2) is 0 Å². The Kier molecular flexibility index (Phi) is 3.20. The minimum Gasteiger partial charge on any atom is -0.381 e. The SMILES string of the molecule is NC(=O)C(O)CNC(=O)c1ccc2n[nH]nc2c1. The number of aromatic amines is 1. The first-order valence-electron chi connectivity index (χ1n) is 5.14. The number of nitrogens with one attached hydrogen (secondary N) is 2. The number of rotatable bonds is 4. The number of amides is 2. The number of primary amides is 1. The van der Waals surface area contributed by atoms with E-state index >= 15 is 0 Å². The van der Waals surface area contributed by atoms with Gasteiger partial charge in [-0.2, -0.15) is 15.4 Å². The Morgan fingerprint density at radius 3 is 2.83 bits per heavy atom. The first-order valence-corrected chi connectivity index (χ1v) is 5.14. The molecule has 0 spiro atoms. The second kappa shape index (κ2) is 4.80. The molecule has 2 amide bonds. The first kappa shape index (κ1) is 12.0. The van der Waals surface area contributed by atoms with Gasteiger partial charge in [0.15, 0.2) is 0 Å². The predicted octanol–water partition coefficient (Wildman–Crippen LogP) is -1.47. The summed E-state index contributed by atoms with van der Waals surface area (Å²) in [5.41, 5.74) is 6.41. The third-order valence-corrected chi connectivity index (χ3v) is 2.36. The maximum absolute atomic E-state index is 11.7.